The molecule has 0 saturated heterocycles. The lowest BCUT2D eigenvalue weighted by atomic mass is 10.1. The number of nitrogens with one attached hydrogen (secondary N) is 1. The van der Waals surface area contributed by atoms with E-state index in [0.29, 0.717) is 12.6 Å². The van der Waals surface area contributed by atoms with Gasteiger partial charge in [-0.2, -0.15) is 0 Å². The third-order valence-corrected chi connectivity index (χ3v) is 2.64. The van der Waals surface area contributed by atoms with Crippen molar-refractivity contribution >= 4 is 0 Å². The SMILES string of the molecule is C#CCCCOc1ccc(C)cc1CNC(C)C. The number of benzene rings is 1. The van der Waals surface area contributed by atoms with E-state index >= 15 is 0 Å². The fraction of sp³-hybridized carbons (Fsp3) is 0.500. The highest BCUT2D eigenvalue weighted by atomic mass is 16.5. The van der Waals surface area contributed by atoms with Crippen LogP contribution in [0.2, 0.25) is 0 Å². The van der Waals surface area contributed by atoms with E-state index in [1.807, 2.05) is 6.07 Å². The topological polar surface area (TPSA) is 21.3 Å². The first kappa shape index (κ1) is 14.6. The summed E-state index contributed by atoms with van der Waals surface area (Å²) < 4.78 is 5.79. The smallest absolute Gasteiger partial charge is 0.123 e. The molecule has 0 aliphatic carbocycles. The summed E-state index contributed by atoms with van der Waals surface area (Å²) in [6.07, 6.45) is 6.90. The van der Waals surface area contributed by atoms with Gasteiger partial charge in [0.05, 0.1) is 6.61 Å². The van der Waals surface area contributed by atoms with Crippen molar-refractivity contribution in [3.8, 4) is 18.1 Å². The normalized spacial score (nSPS) is 10.4. The minimum absolute atomic E-state index is 0.472. The van der Waals surface area contributed by atoms with E-state index in [-0.39, 0.29) is 0 Å². The second-order valence-corrected chi connectivity index (χ2v) is 4.80. The summed E-state index contributed by atoms with van der Waals surface area (Å²) in [5.41, 5.74) is 2.47. The van der Waals surface area contributed by atoms with Crippen LogP contribution < -0.4 is 10.1 Å². The Morgan fingerprint density at radius 3 is 2.83 bits per heavy atom. The molecule has 0 radical (unpaired) electrons. The van der Waals surface area contributed by atoms with E-state index in [4.69, 9.17) is 11.2 Å². The Morgan fingerprint density at radius 1 is 1.39 bits per heavy atom. The molecule has 0 saturated carbocycles. The Bertz CT molecular complexity index is 404. The van der Waals surface area contributed by atoms with Crippen molar-refractivity contribution in [3.63, 3.8) is 0 Å². The number of terminal acetylenes is 1. The summed E-state index contributed by atoms with van der Waals surface area (Å²) in [6.45, 7) is 7.90. The van der Waals surface area contributed by atoms with Crippen molar-refractivity contribution in [2.75, 3.05) is 6.61 Å². The highest BCUT2D eigenvalue weighted by Gasteiger charge is 2.04. The predicted octanol–water partition coefficient (Wildman–Crippen LogP) is 3.29. The van der Waals surface area contributed by atoms with Gasteiger partial charge in [-0.15, -0.1) is 12.3 Å². The van der Waals surface area contributed by atoms with Crippen molar-refractivity contribution in [1.82, 2.24) is 5.32 Å². The highest BCUT2D eigenvalue weighted by Crippen LogP contribution is 2.20. The zero-order valence-corrected chi connectivity index (χ0v) is 11.6. The minimum Gasteiger partial charge on any atom is -0.493 e. The van der Waals surface area contributed by atoms with Crippen LogP contribution in [0.5, 0.6) is 5.75 Å². The summed E-state index contributed by atoms with van der Waals surface area (Å²) in [5, 5.41) is 3.42. The Labute approximate surface area is 111 Å². The largest absolute Gasteiger partial charge is 0.493 e. The van der Waals surface area contributed by atoms with Crippen LogP contribution >= 0.6 is 0 Å². The zero-order chi connectivity index (χ0) is 13.4. The van der Waals surface area contributed by atoms with Gasteiger partial charge >= 0.3 is 0 Å². The van der Waals surface area contributed by atoms with E-state index in [1.54, 1.807) is 0 Å². The van der Waals surface area contributed by atoms with Crippen molar-refractivity contribution in [3.05, 3.63) is 29.3 Å². The average Bonchev–Trinajstić information content (AvgIpc) is 2.34. The first-order chi connectivity index (χ1) is 8.63. The van der Waals surface area contributed by atoms with E-state index in [9.17, 15) is 0 Å². The van der Waals surface area contributed by atoms with Gasteiger partial charge in [0.25, 0.3) is 0 Å². The summed E-state index contributed by atoms with van der Waals surface area (Å²) in [4.78, 5) is 0. The quantitative estimate of drug-likeness (QED) is 0.588. The lowest BCUT2D eigenvalue weighted by molar-refractivity contribution is 0.308. The van der Waals surface area contributed by atoms with Gasteiger partial charge < -0.3 is 10.1 Å². The molecule has 1 rings (SSSR count). The molecule has 18 heavy (non-hydrogen) atoms. The van der Waals surface area contributed by atoms with Gasteiger partial charge in [-0.1, -0.05) is 31.5 Å². The molecule has 1 N–H and O–H groups in total. The van der Waals surface area contributed by atoms with Gasteiger partial charge in [0, 0.05) is 24.6 Å². The van der Waals surface area contributed by atoms with Gasteiger partial charge in [0.15, 0.2) is 0 Å². The van der Waals surface area contributed by atoms with E-state index in [2.05, 4.69) is 44.1 Å². The summed E-state index contributed by atoms with van der Waals surface area (Å²) in [7, 11) is 0. The van der Waals surface area contributed by atoms with Crippen LogP contribution in [0.25, 0.3) is 0 Å². The second-order valence-electron chi connectivity index (χ2n) is 4.80. The molecule has 2 nitrogen and oxygen atoms in total. The molecule has 0 aliphatic heterocycles. The molecule has 0 atom stereocenters. The molecule has 0 aromatic heterocycles. The maximum atomic E-state index is 5.79. The molecule has 0 amide bonds. The first-order valence-corrected chi connectivity index (χ1v) is 6.52. The van der Waals surface area contributed by atoms with Gasteiger partial charge in [0.2, 0.25) is 0 Å². The number of hydrogen-bond acceptors (Lipinski definition) is 2. The Hall–Kier alpha value is -1.46. The van der Waals surface area contributed by atoms with Crippen LogP contribution in [0.15, 0.2) is 18.2 Å². The lowest BCUT2D eigenvalue weighted by Gasteiger charge is -2.14. The molecule has 2 heteroatoms. The van der Waals surface area contributed by atoms with Gasteiger partial charge in [-0.25, -0.2) is 0 Å². The molecule has 1 aromatic carbocycles. The Kier molecular flexibility index (Phi) is 6.32. The lowest BCUT2D eigenvalue weighted by Crippen LogP contribution is -2.22. The zero-order valence-electron chi connectivity index (χ0n) is 11.6. The molecule has 1 aromatic rings. The van der Waals surface area contributed by atoms with E-state index in [0.717, 1.165) is 25.1 Å². The maximum Gasteiger partial charge on any atom is 0.123 e. The second kappa shape index (κ2) is 7.79. The molecular weight excluding hydrogens is 222 g/mol. The fourth-order valence-electron chi connectivity index (χ4n) is 1.66. The highest BCUT2D eigenvalue weighted by molar-refractivity contribution is 5.36. The van der Waals surface area contributed by atoms with E-state index in [1.165, 1.54) is 11.1 Å². The fourth-order valence-corrected chi connectivity index (χ4v) is 1.66. The van der Waals surface area contributed by atoms with Crippen molar-refractivity contribution in [2.45, 2.75) is 46.2 Å². The molecule has 0 bridgehead atoms. The number of ether oxygens (including phenoxy) is 1. The molecule has 98 valence electrons. The average molecular weight is 245 g/mol. The first-order valence-electron chi connectivity index (χ1n) is 6.52. The molecule has 0 unspecified atom stereocenters. The summed E-state index contributed by atoms with van der Waals surface area (Å²) in [6, 6.07) is 6.77. The summed E-state index contributed by atoms with van der Waals surface area (Å²) in [5.74, 6) is 3.59. The molecule has 0 heterocycles. The maximum absolute atomic E-state index is 5.79. The summed E-state index contributed by atoms with van der Waals surface area (Å²) >= 11 is 0. The van der Waals surface area contributed by atoms with Crippen LogP contribution in [-0.4, -0.2) is 12.6 Å². The predicted molar refractivity (Wildman–Crippen MR) is 76.7 cm³/mol. The Balaban J connectivity index is 2.61. The van der Waals surface area contributed by atoms with Crippen molar-refractivity contribution in [1.29, 1.82) is 0 Å². The van der Waals surface area contributed by atoms with Gasteiger partial charge in [-0.3, -0.25) is 0 Å². The van der Waals surface area contributed by atoms with Gasteiger partial charge in [-0.05, 0) is 19.4 Å². The molecule has 0 aliphatic rings. The number of unbranched alkanes of at least 4 members (excludes halogenated alkanes) is 1. The standard InChI is InChI=1S/C16H23NO/c1-5-6-7-10-18-16-9-8-14(4)11-15(16)12-17-13(2)3/h1,8-9,11,13,17H,6-7,10,12H2,2-4H3. The Morgan fingerprint density at radius 2 is 2.17 bits per heavy atom. The minimum atomic E-state index is 0.472. The van der Waals surface area contributed by atoms with Gasteiger partial charge in [0.1, 0.15) is 5.75 Å². The van der Waals surface area contributed by atoms with Crippen LogP contribution in [-0.2, 0) is 6.54 Å². The third-order valence-electron chi connectivity index (χ3n) is 2.64. The van der Waals surface area contributed by atoms with Crippen molar-refractivity contribution in [2.24, 2.45) is 0 Å². The van der Waals surface area contributed by atoms with Crippen molar-refractivity contribution < 1.29 is 4.74 Å². The van der Waals surface area contributed by atoms with Crippen LogP contribution in [0.1, 0.15) is 37.8 Å². The molecule has 0 spiro atoms. The number of rotatable bonds is 7. The van der Waals surface area contributed by atoms with Crippen LogP contribution in [0.3, 0.4) is 0 Å². The number of hydrogen-bond donors (Lipinski definition) is 1. The van der Waals surface area contributed by atoms with Crippen LogP contribution in [0.4, 0.5) is 0 Å². The number of aryl methyl sites for hydroxylation is 1. The van der Waals surface area contributed by atoms with E-state index < -0.39 is 0 Å². The molecular formula is C16H23NO. The monoisotopic (exact) mass is 245 g/mol. The third kappa shape index (κ3) is 5.25. The molecule has 0 fully saturated rings. The van der Waals surface area contributed by atoms with Crippen LogP contribution in [0, 0.1) is 19.3 Å².